The van der Waals surface area contributed by atoms with Gasteiger partial charge in [-0.05, 0) is 30.2 Å². The molecule has 3 heterocycles. The maximum Gasteiger partial charge on any atom is 0.225 e. The zero-order valence-electron chi connectivity index (χ0n) is 12.3. The minimum atomic E-state index is 0.226. The predicted molar refractivity (Wildman–Crippen MR) is 87.1 cm³/mol. The minimum Gasteiger partial charge on any atom is -0.368 e. The quantitative estimate of drug-likeness (QED) is 0.559. The Bertz CT molecular complexity index is 755. The number of halogens is 1. The second kappa shape index (κ2) is 6.70. The number of fused-ring (bicyclic) bond motifs is 1. The van der Waals surface area contributed by atoms with E-state index in [-0.39, 0.29) is 5.28 Å². The highest BCUT2D eigenvalue weighted by Gasteiger charge is 2.11. The van der Waals surface area contributed by atoms with Crippen molar-refractivity contribution in [2.75, 3.05) is 11.9 Å². The summed E-state index contributed by atoms with van der Waals surface area (Å²) in [5, 5.41) is 8.06. The summed E-state index contributed by atoms with van der Waals surface area (Å²) in [5.41, 5.74) is 2.40. The van der Waals surface area contributed by atoms with Crippen molar-refractivity contribution < 1.29 is 0 Å². The molecule has 0 aliphatic carbocycles. The fraction of sp³-hybridized carbons (Fsp3) is 0.333. The highest BCUT2D eigenvalue weighted by molar-refractivity contribution is 6.28. The number of unbranched alkanes of at least 4 members (excludes halogenated alkanes) is 1. The van der Waals surface area contributed by atoms with Crippen molar-refractivity contribution in [3.8, 4) is 0 Å². The summed E-state index contributed by atoms with van der Waals surface area (Å²) >= 11 is 5.99. The number of rotatable bonds is 6. The van der Waals surface area contributed by atoms with Crippen molar-refractivity contribution in [1.82, 2.24) is 24.7 Å². The molecular formula is C15H17ClN6. The fourth-order valence-corrected chi connectivity index (χ4v) is 2.35. The van der Waals surface area contributed by atoms with Crippen LogP contribution in [0.4, 0.5) is 5.82 Å². The number of anilines is 1. The van der Waals surface area contributed by atoms with Gasteiger partial charge in [0.2, 0.25) is 5.28 Å². The summed E-state index contributed by atoms with van der Waals surface area (Å²) < 4.78 is 1.81. The molecule has 3 aromatic heterocycles. The molecule has 1 N–H and O–H groups in total. The Labute approximate surface area is 133 Å². The zero-order chi connectivity index (χ0) is 15.4. The van der Waals surface area contributed by atoms with Crippen molar-refractivity contribution in [2.45, 2.75) is 26.3 Å². The molecule has 22 heavy (non-hydrogen) atoms. The third-order valence-electron chi connectivity index (χ3n) is 3.26. The third kappa shape index (κ3) is 3.33. The Morgan fingerprint density at radius 1 is 1.27 bits per heavy atom. The molecule has 6 nitrogen and oxygen atoms in total. The van der Waals surface area contributed by atoms with E-state index in [4.69, 9.17) is 11.6 Å². The van der Waals surface area contributed by atoms with Crippen LogP contribution >= 0.6 is 11.6 Å². The first-order chi connectivity index (χ1) is 10.8. The Kier molecular flexibility index (Phi) is 4.48. The minimum absolute atomic E-state index is 0.226. The van der Waals surface area contributed by atoms with Gasteiger partial charge in [0, 0.05) is 12.7 Å². The second-order valence-electron chi connectivity index (χ2n) is 5.00. The molecule has 114 valence electrons. The van der Waals surface area contributed by atoms with Crippen LogP contribution in [-0.4, -0.2) is 31.3 Å². The monoisotopic (exact) mass is 316 g/mol. The van der Waals surface area contributed by atoms with Crippen LogP contribution in [0.3, 0.4) is 0 Å². The molecule has 0 atom stereocenters. The molecule has 0 aromatic carbocycles. The lowest BCUT2D eigenvalue weighted by atomic mass is 10.3. The van der Waals surface area contributed by atoms with Gasteiger partial charge in [0.05, 0.1) is 18.4 Å². The number of nitrogens with zero attached hydrogens (tertiary/aromatic N) is 5. The normalized spacial score (nSPS) is 11.0. The summed E-state index contributed by atoms with van der Waals surface area (Å²) in [7, 11) is 0. The Hall–Kier alpha value is -2.21. The van der Waals surface area contributed by atoms with Crippen LogP contribution in [0.25, 0.3) is 11.0 Å². The lowest BCUT2D eigenvalue weighted by Gasteiger charge is -2.04. The summed E-state index contributed by atoms with van der Waals surface area (Å²) in [6.45, 7) is 3.57. The van der Waals surface area contributed by atoms with E-state index in [1.54, 1.807) is 6.20 Å². The molecule has 0 aliphatic heterocycles. The van der Waals surface area contributed by atoms with E-state index < -0.39 is 0 Å². The third-order valence-corrected chi connectivity index (χ3v) is 3.43. The molecule has 7 heteroatoms. The summed E-state index contributed by atoms with van der Waals surface area (Å²) in [6, 6.07) is 5.81. The summed E-state index contributed by atoms with van der Waals surface area (Å²) in [4.78, 5) is 12.8. The van der Waals surface area contributed by atoms with Crippen LogP contribution in [0.1, 0.15) is 25.5 Å². The smallest absolute Gasteiger partial charge is 0.225 e. The van der Waals surface area contributed by atoms with Gasteiger partial charge in [0.25, 0.3) is 0 Å². The van der Waals surface area contributed by atoms with Crippen molar-refractivity contribution in [1.29, 1.82) is 0 Å². The van der Waals surface area contributed by atoms with Crippen molar-refractivity contribution in [2.24, 2.45) is 0 Å². The van der Waals surface area contributed by atoms with Crippen LogP contribution < -0.4 is 5.32 Å². The maximum absolute atomic E-state index is 5.99. The number of hydrogen-bond acceptors (Lipinski definition) is 5. The standard InChI is InChI=1S/C15H17ClN6/c1-2-3-7-18-14-13-12(19-15(16)20-14)10-22(21-13)9-11-6-4-5-8-17-11/h4-6,8,10H,2-3,7,9H2,1H3,(H,18,19,20). The first kappa shape index (κ1) is 14.7. The fourth-order valence-electron chi connectivity index (χ4n) is 2.18. The van der Waals surface area contributed by atoms with Crippen LogP contribution in [0.2, 0.25) is 5.28 Å². The van der Waals surface area contributed by atoms with Gasteiger partial charge in [-0.1, -0.05) is 19.4 Å². The molecule has 0 saturated heterocycles. The molecule has 0 fully saturated rings. The van der Waals surface area contributed by atoms with Crippen molar-refractivity contribution >= 4 is 28.5 Å². The van der Waals surface area contributed by atoms with Gasteiger partial charge in [-0.15, -0.1) is 0 Å². The molecule has 0 unspecified atom stereocenters. The largest absolute Gasteiger partial charge is 0.368 e. The Morgan fingerprint density at radius 3 is 2.95 bits per heavy atom. The van der Waals surface area contributed by atoms with E-state index in [1.807, 2.05) is 29.1 Å². The number of pyridine rings is 1. The molecule has 0 radical (unpaired) electrons. The lowest BCUT2D eigenvalue weighted by Crippen LogP contribution is -2.05. The second-order valence-corrected chi connectivity index (χ2v) is 5.34. The average Bonchev–Trinajstić information content (AvgIpc) is 2.90. The van der Waals surface area contributed by atoms with Gasteiger partial charge in [0.1, 0.15) is 5.52 Å². The number of hydrogen-bond donors (Lipinski definition) is 1. The molecule has 0 aliphatic rings. The Balaban J connectivity index is 1.89. The highest BCUT2D eigenvalue weighted by Crippen LogP contribution is 2.21. The predicted octanol–water partition coefficient (Wildman–Crippen LogP) is 3.14. The van der Waals surface area contributed by atoms with Crippen molar-refractivity contribution in [3.05, 3.63) is 41.6 Å². The van der Waals surface area contributed by atoms with E-state index in [0.29, 0.717) is 12.4 Å². The van der Waals surface area contributed by atoms with E-state index >= 15 is 0 Å². The van der Waals surface area contributed by atoms with Crippen LogP contribution in [0.15, 0.2) is 30.6 Å². The molecule has 3 aromatic rings. The molecule has 3 rings (SSSR count). The summed E-state index contributed by atoms with van der Waals surface area (Å²) in [6.07, 6.45) is 5.82. The SMILES string of the molecule is CCCCNc1nc(Cl)nc2cn(Cc3ccccn3)nc12. The summed E-state index contributed by atoms with van der Waals surface area (Å²) in [5.74, 6) is 0.684. The maximum atomic E-state index is 5.99. The molecule has 0 saturated carbocycles. The van der Waals surface area contributed by atoms with Gasteiger partial charge in [0.15, 0.2) is 11.3 Å². The van der Waals surface area contributed by atoms with Gasteiger partial charge in [-0.2, -0.15) is 10.1 Å². The number of aromatic nitrogens is 5. The van der Waals surface area contributed by atoms with Crippen LogP contribution in [0, 0.1) is 0 Å². The van der Waals surface area contributed by atoms with Crippen LogP contribution in [0.5, 0.6) is 0 Å². The van der Waals surface area contributed by atoms with Gasteiger partial charge < -0.3 is 5.32 Å². The van der Waals surface area contributed by atoms with Gasteiger partial charge in [-0.25, -0.2) is 4.98 Å². The molecule has 0 spiro atoms. The van der Waals surface area contributed by atoms with E-state index in [2.05, 4.69) is 32.3 Å². The average molecular weight is 317 g/mol. The lowest BCUT2D eigenvalue weighted by molar-refractivity contribution is 0.680. The van der Waals surface area contributed by atoms with E-state index in [0.717, 1.165) is 36.1 Å². The van der Waals surface area contributed by atoms with Crippen molar-refractivity contribution in [3.63, 3.8) is 0 Å². The van der Waals surface area contributed by atoms with E-state index in [9.17, 15) is 0 Å². The molecule has 0 amide bonds. The number of nitrogens with one attached hydrogen (secondary N) is 1. The first-order valence-electron chi connectivity index (χ1n) is 7.30. The van der Waals surface area contributed by atoms with Gasteiger partial charge in [-0.3, -0.25) is 9.67 Å². The molecule has 0 bridgehead atoms. The van der Waals surface area contributed by atoms with Crippen LogP contribution in [-0.2, 0) is 6.54 Å². The van der Waals surface area contributed by atoms with Gasteiger partial charge >= 0.3 is 0 Å². The van der Waals surface area contributed by atoms with E-state index in [1.165, 1.54) is 0 Å². The molecular weight excluding hydrogens is 300 g/mol. The topological polar surface area (TPSA) is 68.5 Å². The Morgan fingerprint density at radius 2 is 2.18 bits per heavy atom. The first-order valence-corrected chi connectivity index (χ1v) is 7.68. The zero-order valence-corrected chi connectivity index (χ0v) is 13.1. The highest BCUT2D eigenvalue weighted by atomic mass is 35.5.